The summed E-state index contributed by atoms with van der Waals surface area (Å²) in [4.78, 5) is 41.4. The molecule has 0 aliphatic carbocycles. The summed E-state index contributed by atoms with van der Waals surface area (Å²) in [5, 5.41) is 0.119. The number of carbonyl (C=O) groups excluding carboxylic acids is 1. The number of fused-ring (bicyclic) bond motifs is 2. The van der Waals surface area contributed by atoms with E-state index in [0.29, 0.717) is 24.2 Å². The van der Waals surface area contributed by atoms with Crippen molar-refractivity contribution in [3.05, 3.63) is 84.8 Å². The highest BCUT2D eigenvalue weighted by molar-refractivity contribution is 7.94. The first kappa shape index (κ1) is 26.2. The molecule has 0 radical (unpaired) electrons. The third-order valence-electron chi connectivity index (χ3n) is 6.40. The van der Waals surface area contributed by atoms with Crippen LogP contribution >= 0.6 is 22.9 Å². The molecule has 0 saturated carbocycles. The van der Waals surface area contributed by atoms with E-state index < -0.39 is 27.2 Å². The van der Waals surface area contributed by atoms with Gasteiger partial charge < -0.3 is 9.72 Å². The van der Waals surface area contributed by atoms with Crippen LogP contribution in [0.3, 0.4) is 0 Å². The molecule has 1 aliphatic heterocycles. The first-order valence-corrected chi connectivity index (χ1v) is 14.7. The number of para-hydroxylation sites is 1. The Morgan fingerprint density at radius 1 is 1.11 bits per heavy atom. The van der Waals surface area contributed by atoms with Crippen molar-refractivity contribution in [1.82, 2.24) is 9.55 Å². The normalized spacial score (nSPS) is 13.8. The number of H-pyrrole nitrogens is 1. The highest BCUT2D eigenvalue weighted by Crippen LogP contribution is 2.37. The van der Waals surface area contributed by atoms with Crippen LogP contribution in [-0.2, 0) is 32.4 Å². The maximum absolute atomic E-state index is 13.8. The number of aryl methyl sites for hydroxylation is 1. The van der Waals surface area contributed by atoms with E-state index in [9.17, 15) is 22.8 Å². The molecule has 12 heteroatoms. The second-order valence-corrected chi connectivity index (χ2v) is 12.5. The Bertz CT molecular complexity index is 1770. The largest absolute Gasteiger partial charge is 0.466 e. The number of esters is 1. The van der Waals surface area contributed by atoms with Crippen molar-refractivity contribution in [3.63, 3.8) is 0 Å². The van der Waals surface area contributed by atoms with Crippen LogP contribution in [-0.4, -0.2) is 37.1 Å². The zero-order valence-corrected chi connectivity index (χ0v) is 22.8. The third kappa shape index (κ3) is 4.65. The van der Waals surface area contributed by atoms with Crippen molar-refractivity contribution < 1.29 is 17.9 Å². The molecule has 198 valence electrons. The van der Waals surface area contributed by atoms with E-state index in [-0.39, 0.29) is 38.2 Å². The van der Waals surface area contributed by atoms with Gasteiger partial charge >= 0.3 is 11.7 Å². The number of nitrogens with one attached hydrogen (secondary N) is 1. The molecule has 0 amide bonds. The summed E-state index contributed by atoms with van der Waals surface area (Å²) in [6, 6.07) is 13.4. The molecule has 0 bridgehead atoms. The number of hydrogen-bond acceptors (Lipinski definition) is 7. The van der Waals surface area contributed by atoms with Gasteiger partial charge in [0.05, 0.1) is 35.3 Å². The molecule has 38 heavy (non-hydrogen) atoms. The number of aromatic nitrogens is 2. The number of aromatic amines is 1. The van der Waals surface area contributed by atoms with Gasteiger partial charge in [-0.05, 0) is 55.5 Å². The fourth-order valence-electron chi connectivity index (χ4n) is 4.70. The summed E-state index contributed by atoms with van der Waals surface area (Å²) in [5.74, 6) is -0.517. The van der Waals surface area contributed by atoms with E-state index in [1.165, 1.54) is 10.4 Å². The van der Waals surface area contributed by atoms with Crippen LogP contribution < -0.4 is 15.6 Å². The monoisotopic (exact) mass is 573 g/mol. The molecule has 0 saturated heterocycles. The van der Waals surface area contributed by atoms with Gasteiger partial charge in [0.2, 0.25) is 0 Å². The zero-order chi connectivity index (χ0) is 27.0. The topological polar surface area (TPSA) is 119 Å². The predicted octanol–water partition coefficient (Wildman–Crippen LogP) is 4.03. The van der Waals surface area contributed by atoms with Gasteiger partial charge in [0.15, 0.2) is 0 Å². The zero-order valence-electron chi connectivity index (χ0n) is 20.4. The number of ether oxygens (including phenoxy) is 1. The van der Waals surface area contributed by atoms with Gasteiger partial charge in [0.1, 0.15) is 8.55 Å². The van der Waals surface area contributed by atoms with E-state index in [2.05, 4.69) is 4.98 Å². The minimum atomic E-state index is -4.03. The van der Waals surface area contributed by atoms with Crippen molar-refractivity contribution in [3.8, 4) is 5.69 Å². The third-order valence-corrected chi connectivity index (χ3v) is 10.0. The molecule has 2 aromatic carbocycles. The van der Waals surface area contributed by atoms with Crippen LogP contribution in [0.2, 0.25) is 4.34 Å². The van der Waals surface area contributed by atoms with Crippen molar-refractivity contribution >= 4 is 55.5 Å². The first-order chi connectivity index (χ1) is 18.2. The maximum atomic E-state index is 13.8. The summed E-state index contributed by atoms with van der Waals surface area (Å²) in [6.07, 6.45) is 2.15. The van der Waals surface area contributed by atoms with Crippen molar-refractivity contribution in [1.29, 1.82) is 0 Å². The summed E-state index contributed by atoms with van der Waals surface area (Å²) < 4.78 is 34.6. The van der Waals surface area contributed by atoms with Crippen LogP contribution in [0.15, 0.2) is 62.3 Å². The lowest BCUT2D eigenvalue weighted by molar-refractivity contribution is -0.142. The number of thiophene rings is 1. The summed E-state index contributed by atoms with van der Waals surface area (Å²) in [6.45, 7) is 2.17. The van der Waals surface area contributed by atoms with Gasteiger partial charge in [0, 0.05) is 6.54 Å². The molecular weight excluding hydrogens is 550 g/mol. The number of sulfonamides is 1. The predicted molar refractivity (Wildman–Crippen MR) is 147 cm³/mol. The lowest BCUT2D eigenvalue weighted by Gasteiger charge is -2.23. The van der Waals surface area contributed by atoms with Crippen LogP contribution in [0.25, 0.3) is 16.6 Å². The smallest absolute Gasteiger partial charge is 0.333 e. The molecule has 0 spiro atoms. The Morgan fingerprint density at radius 2 is 1.89 bits per heavy atom. The van der Waals surface area contributed by atoms with Crippen LogP contribution in [0.1, 0.15) is 30.9 Å². The highest BCUT2D eigenvalue weighted by atomic mass is 35.5. The Balaban J connectivity index is 1.63. The maximum Gasteiger partial charge on any atom is 0.333 e. The van der Waals surface area contributed by atoms with Crippen LogP contribution in [0.5, 0.6) is 0 Å². The summed E-state index contributed by atoms with van der Waals surface area (Å²) in [7, 11) is -4.03. The average molecular weight is 574 g/mol. The fraction of sp³-hybridized carbons (Fsp3) is 0.269. The van der Waals surface area contributed by atoms with E-state index in [1.54, 1.807) is 37.3 Å². The molecule has 1 aliphatic rings. The minimum absolute atomic E-state index is 0.0264. The molecule has 1 N–H and O–H groups in total. The van der Waals surface area contributed by atoms with E-state index >= 15 is 0 Å². The minimum Gasteiger partial charge on any atom is -0.466 e. The number of nitrogens with zero attached hydrogens (tertiary/aromatic N) is 2. The highest BCUT2D eigenvalue weighted by Gasteiger charge is 2.31. The Labute approximate surface area is 227 Å². The molecule has 0 unspecified atom stereocenters. The number of anilines is 1. The number of carbonyl (C=O) groups is 1. The quantitative estimate of drug-likeness (QED) is 0.348. The van der Waals surface area contributed by atoms with Gasteiger partial charge in [-0.2, -0.15) is 0 Å². The lowest BCUT2D eigenvalue weighted by Crippen LogP contribution is -2.34. The summed E-state index contributed by atoms with van der Waals surface area (Å²) >= 11 is 7.25. The standard InChI is InChI=1S/C26H24ClN3O6S2/c1-2-36-21(31)14-17-10-7-11-18-23(17)25(32)30(26(33)28-18)20-15-22(37-24(20)27)38(34,35)29-13-6-5-9-16-8-3-4-12-19(16)29/h3-4,7-8,10-12,15H,2,5-6,9,13-14H2,1H3,(H,28,33). The summed E-state index contributed by atoms with van der Waals surface area (Å²) in [5.41, 5.74) is 0.632. The second-order valence-electron chi connectivity index (χ2n) is 8.78. The fourth-order valence-corrected chi connectivity index (χ4v) is 8.05. The first-order valence-electron chi connectivity index (χ1n) is 12.0. The van der Waals surface area contributed by atoms with Crippen molar-refractivity contribution in [2.24, 2.45) is 0 Å². The molecule has 9 nitrogen and oxygen atoms in total. The molecule has 5 rings (SSSR count). The van der Waals surface area contributed by atoms with E-state index in [4.69, 9.17) is 16.3 Å². The molecule has 3 heterocycles. The van der Waals surface area contributed by atoms with Gasteiger partial charge in [0.25, 0.3) is 15.6 Å². The molecule has 4 aromatic rings. The lowest BCUT2D eigenvalue weighted by atomic mass is 10.1. The molecule has 0 atom stereocenters. The van der Waals surface area contributed by atoms with Crippen molar-refractivity contribution in [2.75, 3.05) is 17.5 Å². The van der Waals surface area contributed by atoms with E-state index in [1.807, 2.05) is 12.1 Å². The van der Waals surface area contributed by atoms with E-state index in [0.717, 1.165) is 34.3 Å². The average Bonchev–Trinajstić information content (AvgIpc) is 3.12. The Hall–Kier alpha value is -3.41. The number of hydrogen-bond donors (Lipinski definition) is 1. The van der Waals surface area contributed by atoms with Gasteiger partial charge in [-0.1, -0.05) is 41.9 Å². The number of benzene rings is 2. The number of halogens is 1. The molecule has 2 aromatic heterocycles. The van der Waals surface area contributed by atoms with Crippen LogP contribution in [0, 0.1) is 0 Å². The second kappa shape index (κ2) is 10.4. The Kier molecular flexibility index (Phi) is 7.17. The molecule has 0 fully saturated rings. The number of rotatable bonds is 6. The molecular formula is C26H24ClN3O6S2. The van der Waals surface area contributed by atoms with Gasteiger partial charge in [-0.3, -0.25) is 13.9 Å². The van der Waals surface area contributed by atoms with Crippen LogP contribution in [0.4, 0.5) is 5.69 Å². The van der Waals surface area contributed by atoms with Gasteiger partial charge in [-0.25, -0.2) is 17.8 Å². The Morgan fingerprint density at radius 3 is 2.68 bits per heavy atom. The van der Waals surface area contributed by atoms with Gasteiger partial charge in [-0.15, -0.1) is 11.3 Å². The SMILES string of the molecule is CCOC(=O)Cc1cccc2[nH]c(=O)n(-c3cc(S(=O)(=O)N4CCCCc5ccccc54)sc3Cl)c(=O)c12. The van der Waals surface area contributed by atoms with Crippen molar-refractivity contribution in [2.45, 2.75) is 36.8 Å².